The van der Waals surface area contributed by atoms with Crippen LogP contribution in [0.4, 0.5) is 14.6 Å². The number of aliphatic hydroxyl groups is 2. The van der Waals surface area contributed by atoms with E-state index in [2.05, 4.69) is 4.98 Å². The van der Waals surface area contributed by atoms with Crippen LogP contribution in [0.15, 0.2) is 76.6 Å². The average Bonchev–Trinajstić information content (AvgIpc) is 3.41. The summed E-state index contributed by atoms with van der Waals surface area (Å²) in [5, 5.41) is 18.1. The molecular formula is C26H25F2N3O8S. The molecule has 5 rings (SSSR count). The van der Waals surface area contributed by atoms with Crippen LogP contribution in [0.2, 0.25) is 0 Å². The molecule has 0 unspecified atom stereocenters. The van der Waals surface area contributed by atoms with Gasteiger partial charge in [-0.3, -0.25) is 4.57 Å². The minimum absolute atomic E-state index is 0.114. The molecule has 3 aromatic rings. The van der Waals surface area contributed by atoms with Crippen molar-refractivity contribution in [2.45, 2.75) is 29.3 Å². The van der Waals surface area contributed by atoms with Gasteiger partial charge in [-0.1, -0.05) is 42.5 Å². The van der Waals surface area contributed by atoms with Gasteiger partial charge in [-0.05, 0) is 29.3 Å². The van der Waals surface area contributed by atoms with Gasteiger partial charge in [0.1, 0.15) is 18.5 Å². The highest BCUT2D eigenvalue weighted by atomic mass is 32.2. The van der Waals surface area contributed by atoms with Gasteiger partial charge in [0, 0.05) is 18.0 Å². The molecule has 11 nitrogen and oxygen atoms in total. The van der Waals surface area contributed by atoms with E-state index in [4.69, 9.17) is 20.3 Å². The monoisotopic (exact) mass is 577 g/mol. The number of hydrogen-bond donors (Lipinski definition) is 3. The second kappa shape index (κ2) is 11.3. The van der Waals surface area contributed by atoms with Crippen LogP contribution < -0.4 is 11.4 Å². The zero-order chi connectivity index (χ0) is 29.2. The summed E-state index contributed by atoms with van der Waals surface area (Å²) in [5.74, 6) is -4.18. The van der Waals surface area contributed by atoms with Crippen molar-refractivity contribution in [3.8, 4) is 0 Å². The molecule has 0 bridgehead atoms. The van der Waals surface area contributed by atoms with Crippen molar-refractivity contribution in [1.29, 1.82) is 0 Å². The second-order valence-corrected chi connectivity index (χ2v) is 11.0. The van der Waals surface area contributed by atoms with Crippen molar-refractivity contribution in [3.05, 3.63) is 88.5 Å². The number of aromatic nitrogens is 2. The highest BCUT2D eigenvalue weighted by Gasteiger charge is 2.59. The number of hydrogen-bond acceptors (Lipinski definition) is 10. The Morgan fingerprint density at radius 2 is 1.73 bits per heavy atom. The maximum atomic E-state index is 13.7. The number of benzene rings is 2. The van der Waals surface area contributed by atoms with Crippen molar-refractivity contribution >= 4 is 32.8 Å². The standard InChI is InChI=1S/C17H14O4S.C9H11F2N3O4/c1-22(19,20)14-9-7-12(8-10-14)15-11-21-17(18)16(15)13-5-3-2-4-6-13;10-9(11)6(16)4(3-15)18-7(9)14-2-1-5(12)13-8(14)17/h2-10H,11H2,1H3;1-2,4,6-7,15-16H,3H2,(H2,12,13,17)/t;4-,6-,7-/m.1/s1. The number of sulfone groups is 1. The van der Waals surface area contributed by atoms with Gasteiger partial charge < -0.3 is 25.4 Å². The van der Waals surface area contributed by atoms with Crippen molar-refractivity contribution in [2.75, 3.05) is 25.2 Å². The lowest BCUT2D eigenvalue weighted by atomic mass is 9.97. The Labute approximate surface area is 227 Å². The smallest absolute Gasteiger partial charge is 0.351 e. The van der Waals surface area contributed by atoms with Gasteiger partial charge in [0.15, 0.2) is 15.9 Å². The van der Waals surface area contributed by atoms with E-state index >= 15 is 0 Å². The molecule has 1 saturated heterocycles. The van der Waals surface area contributed by atoms with Crippen LogP contribution in [-0.2, 0) is 24.1 Å². The van der Waals surface area contributed by atoms with E-state index in [0.717, 1.165) is 29.0 Å². The molecule has 2 aliphatic heterocycles. The third kappa shape index (κ3) is 5.79. The normalized spacial score (nSPS) is 22.0. The van der Waals surface area contributed by atoms with Crippen molar-refractivity contribution in [3.63, 3.8) is 0 Å². The number of nitrogens with two attached hydrogens (primary N) is 1. The third-order valence-corrected chi connectivity index (χ3v) is 7.34. The van der Waals surface area contributed by atoms with Crippen LogP contribution in [0.1, 0.15) is 17.4 Å². The highest BCUT2D eigenvalue weighted by molar-refractivity contribution is 7.90. The molecule has 0 saturated carbocycles. The third-order valence-electron chi connectivity index (χ3n) is 6.21. The molecule has 2 aromatic carbocycles. The van der Waals surface area contributed by atoms with Gasteiger partial charge in [-0.25, -0.2) is 18.0 Å². The fraction of sp³-hybridized carbons (Fsp3) is 0.269. The van der Waals surface area contributed by atoms with E-state index in [-0.39, 0.29) is 23.3 Å². The summed E-state index contributed by atoms with van der Waals surface area (Å²) in [6.07, 6.45) is -3.52. The maximum Gasteiger partial charge on any atom is 0.351 e. The molecule has 0 amide bonds. The lowest BCUT2D eigenvalue weighted by molar-refractivity contribution is -0.140. The fourth-order valence-corrected chi connectivity index (χ4v) is 4.79. The van der Waals surface area contributed by atoms with Crippen LogP contribution >= 0.6 is 0 Å². The molecule has 1 aromatic heterocycles. The topological polar surface area (TPSA) is 171 Å². The fourth-order valence-electron chi connectivity index (χ4n) is 4.16. The summed E-state index contributed by atoms with van der Waals surface area (Å²) in [6.45, 7) is -0.592. The van der Waals surface area contributed by atoms with E-state index in [9.17, 15) is 31.9 Å². The summed E-state index contributed by atoms with van der Waals surface area (Å²) in [5.41, 5.74) is 7.11. The first-order valence-corrected chi connectivity index (χ1v) is 13.7. The van der Waals surface area contributed by atoms with E-state index in [1.807, 2.05) is 30.3 Å². The predicted octanol–water partition coefficient (Wildman–Crippen LogP) is 1.27. The van der Waals surface area contributed by atoms with E-state index in [1.165, 1.54) is 6.26 Å². The lowest BCUT2D eigenvalue weighted by Crippen LogP contribution is -2.41. The summed E-state index contributed by atoms with van der Waals surface area (Å²) in [4.78, 5) is 27.0. The number of aliphatic hydroxyl groups excluding tert-OH is 2. The first-order chi connectivity index (χ1) is 18.8. The van der Waals surface area contributed by atoms with Crippen LogP contribution in [0.5, 0.6) is 0 Å². The van der Waals surface area contributed by atoms with Crippen molar-refractivity contribution in [2.24, 2.45) is 0 Å². The number of nitrogen functional groups attached to an aromatic ring is 1. The Morgan fingerprint density at radius 3 is 2.27 bits per heavy atom. The molecule has 212 valence electrons. The van der Waals surface area contributed by atoms with Gasteiger partial charge in [0.25, 0.3) is 0 Å². The number of carbonyl (C=O) groups is 1. The van der Waals surface area contributed by atoms with Crippen LogP contribution in [-0.4, -0.2) is 71.8 Å². The van der Waals surface area contributed by atoms with E-state index in [0.29, 0.717) is 10.1 Å². The quantitative estimate of drug-likeness (QED) is 0.375. The Balaban J connectivity index is 0.000000189. The molecular weight excluding hydrogens is 552 g/mol. The molecule has 3 heterocycles. The van der Waals surface area contributed by atoms with Gasteiger partial charge in [0.05, 0.1) is 17.1 Å². The summed E-state index contributed by atoms with van der Waals surface area (Å²) in [7, 11) is -3.23. The Morgan fingerprint density at radius 1 is 1.07 bits per heavy atom. The first kappa shape index (κ1) is 29.0. The summed E-state index contributed by atoms with van der Waals surface area (Å²) >= 11 is 0. The number of nitrogens with zero attached hydrogens (tertiary/aromatic N) is 2. The molecule has 14 heteroatoms. The average molecular weight is 578 g/mol. The Bertz CT molecular complexity index is 1590. The van der Waals surface area contributed by atoms with Gasteiger partial charge in [-0.15, -0.1) is 0 Å². The molecule has 0 spiro atoms. The number of ether oxygens (including phenoxy) is 2. The largest absolute Gasteiger partial charge is 0.457 e. The Kier molecular flexibility index (Phi) is 8.16. The molecule has 2 aliphatic rings. The number of rotatable bonds is 5. The molecule has 1 fully saturated rings. The van der Waals surface area contributed by atoms with E-state index in [1.54, 1.807) is 24.3 Å². The number of alkyl halides is 2. The molecule has 0 aliphatic carbocycles. The second-order valence-electron chi connectivity index (χ2n) is 8.96. The first-order valence-electron chi connectivity index (χ1n) is 11.8. The number of cyclic esters (lactones) is 1. The van der Waals surface area contributed by atoms with Gasteiger partial charge in [0.2, 0.25) is 6.23 Å². The maximum absolute atomic E-state index is 13.7. The Hall–Kier alpha value is -3.98. The minimum atomic E-state index is -3.71. The zero-order valence-corrected chi connectivity index (χ0v) is 21.8. The summed E-state index contributed by atoms with van der Waals surface area (Å²) in [6, 6.07) is 17.0. The molecule has 4 N–H and O–H groups in total. The molecule has 0 radical (unpaired) electrons. The van der Waals surface area contributed by atoms with E-state index < -0.39 is 46.5 Å². The lowest BCUT2D eigenvalue weighted by Gasteiger charge is -2.20. The molecule has 40 heavy (non-hydrogen) atoms. The van der Waals surface area contributed by atoms with Gasteiger partial charge in [-0.2, -0.15) is 13.8 Å². The van der Waals surface area contributed by atoms with Crippen molar-refractivity contribution in [1.82, 2.24) is 9.55 Å². The van der Waals surface area contributed by atoms with Crippen LogP contribution in [0, 0.1) is 0 Å². The van der Waals surface area contributed by atoms with Crippen LogP contribution in [0.25, 0.3) is 11.1 Å². The molecule has 3 atom stereocenters. The summed E-state index contributed by atoms with van der Waals surface area (Å²) < 4.78 is 60.9. The van der Waals surface area contributed by atoms with Crippen LogP contribution in [0.3, 0.4) is 0 Å². The number of halogens is 2. The number of anilines is 1. The highest BCUT2D eigenvalue weighted by Crippen LogP contribution is 2.42. The zero-order valence-electron chi connectivity index (χ0n) is 21.0. The predicted molar refractivity (Wildman–Crippen MR) is 139 cm³/mol. The number of esters is 1. The SMILES string of the molecule is CS(=O)(=O)c1ccc(C2=C(c3ccccc3)C(=O)OC2)cc1.Nc1ccn([C@@H]2O[C@H](CO)[C@@H](O)C2(F)F)c(=O)n1. The van der Waals surface area contributed by atoms with Crippen molar-refractivity contribution < 1.29 is 41.7 Å². The number of carbonyl (C=O) groups excluding carboxylic acids is 1. The minimum Gasteiger partial charge on any atom is -0.457 e. The van der Waals surface area contributed by atoms with Gasteiger partial charge >= 0.3 is 17.6 Å².